The highest BCUT2D eigenvalue weighted by molar-refractivity contribution is 6.30. The smallest absolute Gasteiger partial charge is 0.0409 e. The van der Waals surface area contributed by atoms with E-state index in [1.807, 2.05) is 6.07 Å². The molecule has 0 heterocycles. The molecule has 0 unspecified atom stereocenters. The Bertz CT molecular complexity index is 701. The second kappa shape index (κ2) is 6.68. The predicted octanol–water partition coefficient (Wildman–Crippen LogP) is 4.82. The van der Waals surface area contributed by atoms with Crippen LogP contribution in [0.3, 0.4) is 0 Å². The van der Waals surface area contributed by atoms with Crippen molar-refractivity contribution in [1.82, 2.24) is 4.90 Å². The van der Waals surface area contributed by atoms with Crippen molar-refractivity contribution >= 4 is 17.2 Å². The molecular weight excluding hydrogens is 290 g/mol. The first-order valence-electron chi connectivity index (χ1n) is 7.87. The van der Waals surface area contributed by atoms with Crippen LogP contribution in [-0.2, 0) is 12.8 Å². The lowest BCUT2D eigenvalue weighted by atomic mass is 9.93. The van der Waals surface area contributed by atoms with Crippen LogP contribution in [0.2, 0.25) is 5.02 Å². The van der Waals surface area contributed by atoms with E-state index in [0.717, 1.165) is 30.8 Å². The molecule has 0 fully saturated rings. The summed E-state index contributed by atoms with van der Waals surface area (Å²) >= 11 is 6.21. The van der Waals surface area contributed by atoms with Gasteiger partial charge in [0.2, 0.25) is 0 Å². The summed E-state index contributed by atoms with van der Waals surface area (Å²) < 4.78 is 0. The molecule has 0 bridgehead atoms. The largest absolute Gasteiger partial charge is 0.309 e. The minimum Gasteiger partial charge on any atom is -0.309 e. The summed E-state index contributed by atoms with van der Waals surface area (Å²) in [6.07, 6.45) is 5.57. The fourth-order valence-corrected chi connectivity index (χ4v) is 3.33. The molecule has 0 saturated carbocycles. The molecule has 2 heteroatoms. The van der Waals surface area contributed by atoms with Crippen molar-refractivity contribution in [3.63, 3.8) is 0 Å². The van der Waals surface area contributed by atoms with Crippen LogP contribution in [0.15, 0.2) is 48.5 Å². The number of aryl methyl sites for hydroxylation is 2. The summed E-state index contributed by atoms with van der Waals surface area (Å²) in [7, 11) is 4.24. The summed E-state index contributed by atoms with van der Waals surface area (Å²) in [6, 6.07) is 15.1. The highest BCUT2D eigenvalue weighted by atomic mass is 35.5. The van der Waals surface area contributed by atoms with Crippen molar-refractivity contribution in [3.8, 4) is 0 Å². The van der Waals surface area contributed by atoms with Gasteiger partial charge in [-0.05, 0) is 73.3 Å². The van der Waals surface area contributed by atoms with Crippen LogP contribution < -0.4 is 0 Å². The average Bonchev–Trinajstić information content (AvgIpc) is 2.64. The Morgan fingerprint density at radius 1 is 1.00 bits per heavy atom. The molecule has 114 valence electrons. The molecule has 22 heavy (non-hydrogen) atoms. The molecule has 2 aromatic rings. The number of nitrogens with zero attached hydrogens (tertiary/aromatic N) is 1. The lowest BCUT2D eigenvalue weighted by Crippen LogP contribution is -2.12. The molecule has 2 aromatic carbocycles. The van der Waals surface area contributed by atoms with Crippen molar-refractivity contribution in [2.45, 2.75) is 19.3 Å². The van der Waals surface area contributed by atoms with Gasteiger partial charge in [0.1, 0.15) is 0 Å². The van der Waals surface area contributed by atoms with Crippen molar-refractivity contribution in [2.24, 2.45) is 0 Å². The third kappa shape index (κ3) is 3.26. The van der Waals surface area contributed by atoms with E-state index < -0.39 is 0 Å². The molecule has 0 atom stereocenters. The van der Waals surface area contributed by atoms with E-state index in [1.54, 1.807) is 0 Å². The van der Waals surface area contributed by atoms with Crippen LogP contribution in [-0.4, -0.2) is 25.5 Å². The van der Waals surface area contributed by atoms with Crippen molar-refractivity contribution < 1.29 is 0 Å². The Labute approximate surface area is 138 Å². The molecule has 0 amide bonds. The molecule has 0 aliphatic heterocycles. The van der Waals surface area contributed by atoms with E-state index in [0.29, 0.717) is 0 Å². The molecule has 3 rings (SSSR count). The van der Waals surface area contributed by atoms with Gasteiger partial charge < -0.3 is 4.90 Å². The van der Waals surface area contributed by atoms with Crippen LogP contribution >= 0.6 is 11.6 Å². The Balaban J connectivity index is 2.08. The monoisotopic (exact) mass is 311 g/mol. The summed E-state index contributed by atoms with van der Waals surface area (Å²) in [5, 5.41) is 0.831. The molecule has 1 nitrogen and oxygen atoms in total. The van der Waals surface area contributed by atoms with Gasteiger partial charge in [-0.3, -0.25) is 0 Å². The summed E-state index contributed by atoms with van der Waals surface area (Å²) in [5.74, 6) is 0. The number of fused-ring (bicyclic) bond motifs is 2. The van der Waals surface area contributed by atoms with Crippen molar-refractivity contribution in [1.29, 1.82) is 0 Å². The number of hydrogen-bond acceptors (Lipinski definition) is 1. The van der Waals surface area contributed by atoms with Crippen molar-refractivity contribution in [2.75, 3.05) is 20.6 Å². The zero-order valence-electron chi connectivity index (χ0n) is 13.3. The third-order valence-corrected chi connectivity index (χ3v) is 4.49. The summed E-state index contributed by atoms with van der Waals surface area (Å²) in [4.78, 5) is 2.22. The second-order valence-electron chi connectivity index (χ2n) is 6.17. The standard InChI is InChI=1S/C20H22ClN/c1-22(2)13-5-8-20-18-7-4-3-6-15(18)9-10-16-14-17(21)11-12-19(16)20/h3-4,6-8,11-12,14H,5,9-10,13H2,1-2H3. The molecule has 0 aromatic heterocycles. The van der Waals surface area contributed by atoms with Gasteiger partial charge in [-0.2, -0.15) is 0 Å². The molecule has 0 radical (unpaired) electrons. The van der Waals surface area contributed by atoms with E-state index >= 15 is 0 Å². The van der Waals surface area contributed by atoms with Crippen LogP contribution in [0, 0.1) is 0 Å². The Hall–Kier alpha value is -1.57. The van der Waals surface area contributed by atoms with E-state index in [1.165, 1.54) is 27.8 Å². The topological polar surface area (TPSA) is 3.24 Å². The number of benzene rings is 2. The zero-order chi connectivity index (χ0) is 15.5. The lowest BCUT2D eigenvalue weighted by Gasteiger charge is -2.13. The molecule has 0 saturated heterocycles. The first kappa shape index (κ1) is 15.3. The lowest BCUT2D eigenvalue weighted by molar-refractivity contribution is 0.417. The van der Waals surface area contributed by atoms with Gasteiger partial charge in [0.05, 0.1) is 0 Å². The van der Waals surface area contributed by atoms with Crippen LogP contribution in [0.1, 0.15) is 28.7 Å². The Kier molecular flexibility index (Phi) is 4.66. The van der Waals surface area contributed by atoms with Crippen LogP contribution in [0.5, 0.6) is 0 Å². The van der Waals surface area contributed by atoms with Gasteiger partial charge in [-0.25, -0.2) is 0 Å². The van der Waals surface area contributed by atoms with Gasteiger partial charge in [-0.15, -0.1) is 0 Å². The summed E-state index contributed by atoms with van der Waals surface area (Å²) in [5.41, 5.74) is 6.88. The normalized spacial score (nSPS) is 15.5. The van der Waals surface area contributed by atoms with Crippen LogP contribution in [0.4, 0.5) is 0 Å². The highest BCUT2D eigenvalue weighted by Gasteiger charge is 2.17. The van der Waals surface area contributed by atoms with Crippen molar-refractivity contribution in [3.05, 3.63) is 75.8 Å². The van der Waals surface area contributed by atoms with Crippen LogP contribution in [0.25, 0.3) is 5.57 Å². The Morgan fingerprint density at radius 2 is 1.73 bits per heavy atom. The van der Waals surface area contributed by atoms with Gasteiger partial charge >= 0.3 is 0 Å². The number of rotatable bonds is 3. The van der Waals surface area contributed by atoms with E-state index in [-0.39, 0.29) is 0 Å². The average molecular weight is 312 g/mol. The van der Waals surface area contributed by atoms with Gasteiger partial charge in [0.15, 0.2) is 0 Å². The first-order chi connectivity index (χ1) is 10.6. The first-order valence-corrected chi connectivity index (χ1v) is 8.25. The maximum atomic E-state index is 6.21. The van der Waals surface area contributed by atoms with E-state index in [9.17, 15) is 0 Å². The number of halogens is 1. The fraction of sp³-hybridized carbons (Fsp3) is 0.300. The third-order valence-electron chi connectivity index (χ3n) is 4.25. The van der Waals surface area contributed by atoms with Gasteiger partial charge in [-0.1, -0.05) is 48.0 Å². The fourth-order valence-electron chi connectivity index (χ4n) is 3.13. The maximum Gasteiger partial charge on any atom is 0.0409 e. The molecule has 1 aliphatic rings. The molecule has 0 N–H and O–H groups in total. The SMILES string of the molecule is CN(C)CCC=C1c2ccccc2CCc2cc(Cl)ccc21. The Morgan fingerprint density at radius 3 is 2.55 bits per heavy atom. The zero-order valence-corrected chi connectivity index (χ0v) is 14.0. The molecule has 0 spiro atoms. The molecular formula is C20H22ClN. The maximum absolute atomic E-state index is 6.21. The predicted molar refractivity (Wildman–Crippen MR) is 95.6 cm³/mol. The van der Waals surface area contributed by atoms with E-state index in [4.69, 9.17) is 11.6 Å². The van der Waals surface area contributed by atoms with E-state index in [2.05, 4.69) is 61.5 Å². The minimum atomic E-state index is 0.831. The molecule has 1 aliphatic carbocycles. The number of hydrogen-bond donors (Lipinski definition) is 0. The highest BCUT2D eigenvalue weighted by Crippen LogP contribution is 2.34. The minimum absolute atomic E-state index is 0.831. The summed E-state index contributed by atoms with van der Waals surface area (Å²) in [6.45, 7) is 1.06. The van der Waals surface area contributed by atoms with Gasteiger partial charge in [0.25, 0.3) is 0 Å². The quantitative estimate of drug-likeness (QED) is 0.785. The van der Waals surface area contributed by atoms with Gasteiger partial charge in [0, 0.05) is 11.6 Å². The second-order valence-corrected chi connectivity index (χ2v) is 6.60.